The molecule has 25 aromatic rings. The van der Waals surface area contributed by atoms with E-state index in [4.69, 9.17) is 24.9 Å². The van der Waals surface area contributed by atoms with Crippen LogP contribution >= 0.6 is 45.3 Å². The van der Waals surface area contributed by atoms with Crippen LogP contribution in [0.5, 0.6) is 0 Å². The minimum absolute atomic E-state index is 0. The molecule has 19 heteroatoms. The summed E-state index contributed by atoms with van der Waals surface area (Å²) in [4.78, 5) is 29.3. The molecule has 0 saturated heterocycles. The maximum Gasteiger partial charge on any atom is 2.00 e. The Morgan fingerprint density at radius 2 is 0.680 bits per heavy atom. The average Bonchev–Trinajstić information content (AvgIpc) is 1.58. The molecule has 0 radical (unpaired) electrons. The summed E-state index contributed by atoms with van der Waals surface area (Å²) >= 11 is 6.79. The van der Waals surface area contributed by atoms with Crippen LogP contribution in [0.2, 0.25) is 0 Å². The Balaban J connectivity index is 0.000000119. The van der Waals surface area contributed by atoms with Gasteiger partial charge in [-0.1, -0.05) is 155 Å². The van der Waals surface area contributed by atoms with Crippen LogP contribution in [0.4, 0.5) is 0 Å². The maximum absolute atomic E-state index is 5.13. The molecule has 12 nitrogen and oxygen atoms in total. The van der Waals surface area contributed by atoms with Gasteiger partial charge in [0.05, 0.1) is 56.3 Å². The fraction of sp³-hybridized carbons (Fsp3) is 0.0275. The second-order valence-electron chi connectivity index (χ2n) is 30.8. The zero-order valence-electron chi connectivity index (χ0n) is 68.5. The molecular weight excluding hydrogens is 2190 g/mol. The Morgan fingerprint density at radius 1 is 0.258 bits per heavy atom. The van der Waals surface area contributed by atoms with E-state index >= 15 is 0 Å². The molecule has 12 aromatic carbocycles. The molecule has 128 heavy (non-hydrogen) atoms. The van der Waals surface area contributed by atoms with Crippen molar-refractivity contribution >= 4 is 144 Å². The summed E-state index contributed by atoms with van der Waals surface area (Å²) in [6, 6.07) is 126. The van der Waals surface area contributed by atoms with E-state index in [0.717, 1.165) is 190 Å². The molecule has 0 atom stereocenters. The first-order valence-electron chi connectivity index (χ1n) is 41.0. The van der Waals surface area contributed by atoms with Crippen molar-refractivity contribution in [1.29, 1.82) is 0 Å². The second kappa shape index (κ2) is 35.2. The second-order valence-corrected chi connectivity index (χ2v) is 33.9. The van der Waals surface area contributed by atoms with E-state index in [9.17, 15) is 0 Å². The van der Waals surface area contributed by atoms with Gasteiger partial charge in [-0.15, -0.1) is 149 Å². The van der Waals surface area contributed by atoms with E-state index in [1.807, 2.05) is 67.0 Å². The Labute approximate surface area is 796 Å². The molecule has 25 rings (SSSR count). The monoisotopic (exact) mass is 2260 g/mol. The van der Waals surface area contributed by atoms with Crippen molar-refractivity contribution in [2.45, 2.75) is 0 Å². The zero-order chi connectivity index (χ0) is 83.2. The van der Waals surface area contributed by atoms with Crippen LogP contribution in [0.3, 0.4) is 0 Å². The smallest absolute Gasteiger partial charge is 0.367 e. The largest absolute Gasteiger partial charge is 2.00 e. The van der Waals surface area contributed by atoms with Crippen molar-refractivity contribution < 1.29 is 63.2 Å². The van der Waals surface area contributed by atoms with E-state index in [1.54, 1.807) is 45.3 Å². The van der Waals surface area contributed by atoms with E-state index in [-0.39, 0.29) is 63.2 Å². The molecule has 618 valence electrons. The van der Waals surface area contributed by atoms with Crippen molar-refractivity contribution in [2.75, 3.05) is 0 Å². The van der Waals surface area contributed by atoms with E-state index < -0.39 is 0 Å². The molecule has 0 fully saturated rings. The topological polar surface area (TPSA) is 107 Å². The van der Waals surface area contributed by atoms with Crippen molar-refractivity contribution in [3.8, 4) is 130 Å². The van der Waals surface area contributed by atoms with E-state index in [0.29, 0.717) is 0 Å². The summed E-state index contributed by atoms with van der Waals surface area (Å²) in [5.41, 5.74) is 32.9. The molecule has 0 aliphatic heterocycles. The van der Waals surface area contributed by atoms with Gasteiger partial charge in [-0.3, -0.25) is 19.9 Å². The first-order valence-corrected chi connectivity index (χ1v) is 44.7. The number of para-hydroxylation sites is 8. The molecule has 0 spiro atoms. The number of pyridine rings is 3. The first kappa shape index (κ1) is 83.0. The van der Waals surface area contributed by atoms with Gasteiger partial charge in [0.15, 0.2) is 0 Å². The summed E-state index contributed by atoms with van der Waals surface area (Å²) in [7, 11) is 6.21. The first-order chi connectivity index (χ1) is 61.7. The quantitative estimate of drug-likeness (QED) is 0.106. The molecule has 0 unspecified atom stereocenters. The number of aryl methyl sites for hydroxylation is 3. The van der Waals surface area contributed by atoms with Crippen molar-refractivity contribution in [1.82, 2.24) is 57.3 Å². The minimum Gasteiger partial charge on any atom is -0.367 e. The van der Waals surface area contributed by atoms with Gasteiger partial charge in [0.2, 0.25) is 0 Å². The SMILES string of the molecule is Cn1c(-c2[c-]c3c(cc2)c2ccccc2n3-c2[c-]c(-c3ccc(-c4ccsc4)cn3)ccc2)nc2ccccc21.Cn1c(-c2[c-]c3c(cc2)c2ccccc2n3-c2[c-]c(-c3cccc(-c4ccsc4)n3)ccc2)nc2ccccc21.Cn1c(-c2[c-]c3c(cc2-c2ccsc2)c2cc(-c4ccsc4)ccc2n3-c2[c-]c(-c3ccccn3)ccc2)nc2ccccc21.[Pt+2].[Pt+2].[Pt+2]. The third-order valence-corrected chi connectivity index (χ3v) is 26.2. The van der Waals surface area contributed by atoms with E-state index in [1.165, 1.54) is 38.4 Å². The van der Waals surface area contributed by atoms with Gasteiger partial charge < -0.3 is 37.4 Å². The summed E-state index contributed by atoms with van der Waals surface area (Å²) in [6.07, 6.45) is 3.76. The Morgan fingerprint density at radius 3 is 1.18 bits per heavy atom. The number of hydrogen-bond acceptors (Lipinski definition) is 10. The Hall–Kier alpha value is -13.2. The van der Waals surface area contributed by atoms with Gasteiger partial charge in [0, 0.05) is 61.0 Å². The predicted octanol–water partition coefficient (Wildman–Crippen LogP) is 27.9. The number of thiophene rings is 4. The summed E-state index contributed by atoms with van der Waals surface area (Å²) in [6.45, 7) is 0. The van der Waals surface area contributed by atoms with Crippen molar-refractivity contribution in [3.63, 3.8) is 0 Å². The summed E-state index contributed by atoms with van der Waals surface area (Å²) < 4.78 is 13.2. The van der Waals surface area contributed by atoms with Gasteiger partial charge in [0.1, 0.15) is 0 Å². The summed E-state index contributed by atoms with van der Waals surface area (Å²) in [5, 5.41) is 24.1. The predicted molar refractivity (Wildman–Crippen MR) is 517 cm³/mol. The number of fused-ring (bicyclic) bond motifs is 12. The Bertz CT molecular complexity index is 8410. The van der Waals surface area contributed by atoms with Gasteiger partial charge in [-0.2, -0.15) is 45.3 Å². The zero-order valence-corrected chi connectivity index (χ0v) is 78.6. The van der Waals surface area contributed by atoms with Crippen LogP contribution in [0.25, 0.3) is 228 Å². The van der Waals surface area contributed by atoms with Gasteiger partial charge in [-0.25, -0.2) is 0 Å². The fourth-order valence-electron chi connectivity index (χ4n) is 17.4. The van der Waals surface area contributed by atoms with Crippen molar-refractivity contribution in [3.05, 3.63) is 389 Å². The minimum atomic E-state index is 0. The standard InChI is InChI=1S/C39H24N4S2.2C35H22N4S.3Pt/c1-42-37-11-3-2-10-35(37)41-39(42)33-22-38-32(21-30(33)28-15-18-45-24-28)31-20-25(27-14-17-44-23-27)12-13-36(31)43(38)29-8-6-7-26(19-29)34-9-4-5-16-40-34;1-38-33-15-5-3-11-31(33)37-35(38)24-16-17-28-27-10-2-4-14-32(27)39(34(28)21-24)26-9-6-8-23(20-26)29-12-7-13-30(36-29)25-18-19-40-22-25;1-38-33-12-5-3-10-31(33)37-35(38)24-13-15-29-28-9-2-4-11-32(28)39(34(29)20-24)27-8-6-7-23(19-27)30-16-14-25(21-36-30)26-17-18-40-22-26;;;/h2-18,20-21,23-24H,1H3;2-19,22H,1H3;2-18,21-22H,1H3;;;/q3*-2;3*+2. The molecule has 0 saturated carbocycles. The molecular formula is C109H68N12Pt3S4. The Kier molecular flexibility index (Phi) is 22.8. The number of imidazole rings is 3. The number of aromatic nitrogens is 12. The third kappa shape index (κ3) is 15.0. The van der Waals surface area contributed by atoms with Crippen molar-refractivity contribution in [2.24, 2.45) is 21.1 Å². The number of nitrogens with zero attached hydrogens (tertiary/aromatic N) is 12. The molecule has 13 heterocycles. The van der Waals surface area contributed by atoms with Gasteiger partial charge in [-0.05, 0) is 217 Å². The van der Waals surface area contributed by atoms with Crippen LogP contribution in [0.15, 0.2) is 353 Å². The third-order valence-electron chi connectivity index (χ3n) is 23.5. The van der Waals surface area contributed by atoms with Gasteiger partial charge >= 0.3 is 63.2 Å². The molecule has 13 aromatic heterocycles. The van der Waals surface area contributed by atoms with Crippen LogP contribution in [0, 0.1) is 36.4 Å². The number of hydrogen-bond donors (Lipinski definition) is 0. The normalized spacial score (nSPS) is 11.4. The molecule has 0 bridgehead atoms. The summed E-state index contributed by atoms with van der Waals surface area (Å²) in [5.74, 6) is 2.68. The number of rotatable bonds is 13. The molecule has 0 N–H and O–H groups in total. The maximum atomic E-state index is 5.13. The van der Waals surface area contributed by atoms with E-state index in [2.05, 4.69) is 376 Å². The molecule has 0 aliphatic rings. The van der Waals surface area contributed by atoms with Crippen LogP contribution in [-0.2, 0) is 84.3 Å². The van der Waals surface area contributed by atoms with Crippen LogP contribution in [-0.4, -0.2) is 57.3 Å². The molecule has 0 amide bonds. The average molecular weight is 2260 g/mol. The van der Waals surface area contributed by atoms with Gasteiger partial charge in [0.25, 0.3) is 0 Å². The number of benzene rings is 12. The molecule has 0 aliphatic carbocycles. The van der Waals surface area contributed by atoms with Crippen LogP contribution < -0.4 is 0 Å². The fourth-order valence-corrected chi connectivity index (χ4v) is 20.0. The van der Waals surface area contributed by atoms with Crippen LogP contribution in [0.1, 0.15) is 0 Å².